The van der Waals surface area contributed by atoms with Gasteiger partial charge in [0.25, 0.3) is 10.0 Å². The van der Waals surface area contributed by atoms with Gasteiger partial charge in [-0.15, -0.1) is 0 Å². The third-order valence-electron chi connectivity index (χ3n) is 5.64. The number of rotatable bonds is 5. The van der Waals surface area contributed by atoms with Crippen LogP contribution in [-0.4, -0.2) is 41.0 Å². The third kappa shape index (κ3) is 4.74. The van der Waals surface area contributed by atoms with E-state index in [-0.39, 0.29) is 9.36 Å². The normalized spacial score (nSPS) is 15.8. The van der Waals surface area contributed by atoms with E-state index in [0.29, 0.717) is 36.9 Å². The topological polar surface area (TPSA) is 92.4 Å². The Morgan fingerprint density at radius 1 is 1.12 bits per heavy atom. The van der Waals surface area contributed by atoms with E-state index < -0.39 is 28.2 Å². The Labute approximate surface area is 188 Å². The van der Waals surface area contributed by atoms with Crippen LogP contribution >= 0.6 is 0 Å². The molecule has 3 aromatic rings. The van der Waals surface area contributed by atoms with Crippen molar-refractivity contribution in [2.75, 3.05) is 0 Å². The summed E-state index contributed by atoms with van der Waals surface area (Å²) >= 11 is 0. The number of aromatic amines is 1. The summed E-state index contributed by atoms with van der Waals surface area (Å²) in [5.74, 6) is -2.56. The second kappa shape index (κ2) is 8.79. The molecule has 0 saturated heterocycles. The average Bonchev–Trinajstić information content (AvgIpc) is 3.17. The number of fused-ring (bicyclic) bond motifs is 1. The summed E-state index contributed by atoms with van der Waals surface area (Å²) in [4.78, 5) is 23.1. The molecular formula is C22H22F3N3O4S. The van der Waals surface area contributed by atoms with Crippen molar-refractivity contribution in [3.05, 3.63) is 48.3 Å². The predicted octanol–water partition coefficient (Wildman–Crippen LogP) is 4.88. The van der Waals surface area contributed by atoms with Crippen molar-refractivity contribution in [3.8, 4) is 11.1 Å². The first-order chi connectivity index (χ1) is 15.6. The van der Waals surface area contributed by atoms with Gasteiger partial charge in [-0.1, -0.05) is 31.4 Å². The van der Waals surface area contributed by atoms with Crippen LogP contribution in [-0.2, 0) is 19.7 Å². The molecule has 4 rings (SSSR count). The summed E-state index contributed by atoms with van der Waals surface area (Å²) in [5, 5.41) is 0.855. The molecule has 11 heteroatoms. The maximum atomic E-state index is 13.2. The Kier molecular flexibility index (Phi) is 6.19. The van der Waals surface area contributed by atoms with Crippen LogP contribution in [0.3, 0.4) is 0 Å². The molecule has 33 heavy (non-hydrogen) atoms. The zero-order chi connectivity index (χ0) is 23.8. The maximum Gasteiger partial charge on any atom is 0.492 e. The van der Waals surface area contributed by atoms with Crippen LogP contribution in [0.4, 0.5) is 13.2 Å². The average molecular weight is 481 g/mol. The number of carbonyl (C=O) groups is 1. The quantitative estimate of drug-likeness (QED) is 0.525. The van der Waals surface area contributed by atoms with Gasteiger partial charge in [-0.05, 0) is 59.6 Å². The number of halogens is 3. The van der Waals surface area contributed by atoms with Gasteiger partial charge in [-0.25, -0.2) is 18.2 Å². The van der Waals surface area contributed by atoms with E-state index in [4.69, 9.17) is 0 Å². The number of hydroxylamine groups is 1. The highest BCUT2D eigenvalue weighted by molar-refractivity contribution is 7.89. The number of sulfonamides is 1. The molecule has 0 radical (unpaired) electrons. The number of alkyl halides is 3. The van der Waals surface area contributed by atoms with Crippen LogP contribution in [0.25, 0.3) is 22.2 Å². The summed E-state index contributed by atoms with van der Waals surface area (Å²) in [7, 11) is -4.52. The summed E-state index contributed by atoms with van der Waals surface area (Å²) in [5.41, 5.74) is 3.13. The second-order valence-electron chi connectivity index (χ2n) is 8.03. The fourth-order valence-corrected chi connectivity index (χ4v) is 5.52. The van der Waals surface area contributed by atoms with Crippen molar-refractivity contribution in [2.45, 2.75) is 56.1 Å². The first kappa shape index (κ1) is 23.2. The van der Waals surface area contributed by atoms with Crippen LogP contribution in [0.1, 0.15) is 37.8 Å². The second-order valence-corrected chi connectivity index (χ2v) is 9.81. The van der Waals surface area contributed by atoms with E-state index in [2.05, 4.69) is 14.8 Å². The molecule has 0 aliphatic heterocycles. The van der Waals surface area contributed by atoms with Gasteiger partial charge >= 0.3 is 12.1 Å². The summed E-state index contributed by atoms with van der Waals surface area (Å²) in [6, 6.07) is 8.59. The molecule has 0 unspecified atom stereocenters. The lowest BCUT2D eigenvalue weighted by Crippen LogP contribution is -2.45. The van der Waals surface area contributed by atoms with E-state index >= 15 is 0 Å². The van der Waals surface area contributed by atoms with E-state index in [9.17, 15) is 26.4 Å². The fraction of sp³-hybridized carbons (Fsp3) is 0.364. The van der Waals surface area contributed by atoms with E-state index in [0.717, 1.165) is 23.1 Å². The number of H-pyrrole nitrogens is 1. The minimum absolute atomic E-state index is 0.247. The Balaban J connectivity index is 1.68. The molecule has 0 spiro atoms. The van der Waals surface area contributed by atoms with Crippen LogP contribution in [0.2, 0.25) is 0 Å². The number of aryl methyl sites for hydroxylation is 1. The zero-order valence-electron chi connectivity index (χ0n) is 17.7. The first-order valence-electron chi connectivity index (χ1n) is 10.5. The maximum absolute atomic E-state index is 13.2. The lowest BCUT2D eigenvalue weighted by Gasteiger charge is -2.31. The molecule has 0 bridgehead atoms. The summed E-state index contributed by atoms with van der Waals surface area (Å²) in [6.45, 7) is 1.89. The molecule has 1 N–H and O–H groups in total. The van der Waals surface area contributed by atoms with Crippen molar-refractivity contribution in [1.82, 2.24) is 14.4 Å². The first-order valence-corrected chi connectivity index (χ1v) is 11.9. The van der Waals surface area contributed by atoms with Crippen molar-refractivity contribution in [1.29, 1.82) is 0 Å². The molecule has 2 heterocycles. The largest absolute Gasteiger partial charge is 0.492 e. The third-order valence-corrected chi connectivity index (χ3v) is 7.36. The van der Waals surface area contributed by atoms with Gasteiger partial charge in [0.2, 0.25) is 0 Å². The molecule has 7 nitrogen and oxygen atoms in total. The van der Waals surface area contributed by atoms with Gasteiger partial charge in [0.05, 0.1) is 10.9 Å². The van der Waals surface area contributed by atoms with Crippen LogP contribution < -0.4 is 0 Å². The molecule has 0 amide bonds. The standard InChI is InChI=1S/C22H22F3N3O4S/c1-14-13-19-18(11-12-26-20(19)27-14)15-7-9-17(10-8-15)33(30,31)28(16-5-3-2-4-6-16)32-21(29)22(23,24)25/h7-13,16H,2-6H2,1H3,(H,26,27). The molecule has 176 valence electrons. The van der Waals surface area contributed by atoms with Gasteiger partial charge in [0.15, 0.2) is 0 Å². The Morgan fingerprint density at radius 3 is 2.42 bits per heavy atom. The lowest BCUT2D eigenvalue weighted by molar-refractivity contribution is -0.228. The zero-order valence-corrected chi connectivity index (χ0v) is 18.5. The SMILES string of the molecule is Cc1cc2c(-c3ccc(S(=O)(=O)N(OC(=O)C(F)(F)F)C4CCCCC4)cc3)ccnc2[nH]1. The van der Waals surface area contributed by atoms with Gasteiger partial charge in [0, 0.05) is 17.3 Å². The molecule has 2 aromatic heterocycles. The van der Waals surface area contributed by atoms with Crippen LogP contribution in [0.15, 0.2) is 47.5 Å². The minimum Gasteiger partial charge on any atom is -0.345 e. The highest BCUT2D eigenvalue weighted by atomic mass is 32.2. The van der Waals surface area contributed by atoms with Crippen molar-refractivity contribution >= 4 is 27.0 Å². The Hall–Kier alpha value is -2.92. The number of pyridine rings is 1. The van der Waals surface area contributed by atoms with E-state index in [1.54, 1.807) is 24.4 Å². The van der Waals surface area contributed by atoms with E-state index in [1.807, 2.05) is 13.0 Å². The fourth-order valence-electron chi connectivity index (χ4n) is 4.07. The molecule has 1 aliphatic rings. The highest BCUT2D eigenvalue weighted by Gasteiger charge is 2.46. The predicted molar refractivity (Wildman–Crippen MR) is 114 cm³/mol. The molecule has 1 saturated carbocycles. The van der Waals surface area contributed by atoms with Gasteiger partial charge < -0.3 is 9.82 Å². The number of benzene rings is 1. The lowest BCUT2D eigenvalue weighted by atomic mass is 9.96. The summed E-state index contributed by atoms with van der Waals surface area (Å²) in [6.07, 6.45) is -0.964. The summed E-state index contributed by atoms with van der Waals surface area (Å²) < 4.78 is 65.2. The smallest absolute Gasteiger partial charge is 0.345 e. The molecule has 1 aliphatic carbocycles. The van der Waals surface area contributed by atoms with Gasteiger partial charge in [0.1, 0.15) is 5.65 Å². The molecule has 1 aromatic carbocycles. The van der Waals surface area contributed by atoms with Crippen LogP contribution in [0.5, 0.6) is 0 Å². The Morgan fingerprint density at radius 2 is 1.79 bits per heavy atom. The highest BCUT2D eigenvalue weighted by Crippen LogP contribution is 2.32. The minimum atomic E-state index is -5.31. The molecule has 1 fully saturated rings. The van der Waals surface area contributed by atoms with Crippen LogP contribution in [0, 0.1) is 6.92 Å². The van der Waals surface area contributed by atoms with Gasteiger partial charge in [-0.3, -0.25) is 0 Å². The molecular weight excluding hydrogens is 459 g/mol. The number of hydrogen-bond acceptors (Lipinski definition) is 5. The van der Waals surface area contributed by atoms with Crippen molar-refractivity contribution < 1.29 is 31.2 Å². The number of aromatic nitrogens is 2. The number of hydrogen-bond donors (Lipinski definition) is 1. The van der Waals surface area contributed by atoms with Crippen molar-refractivity contribution in [3.63, 3.8) is 0 Å². The van der Waals surface area contributed by atoms with E-state index in [1.165, 1.54) is 12.1 Å². The number of carbonyl (C=O) groups excluding carboxylic acids is 1. The number of nitrogens with one attached hydrogen (secondary N) is 1. The molecule has 0 atom stereocenters. The van der Waals surface area contributed by atoms with Gasteiger partial charge in [-0.2, -0.15) is 13.2 Å². The monoisotopic (exact) mass is 481 g/mol. The number of nitrogens with zero attached hydrogens (tertiary/aromatic N) is 2. The van der Waals surface area contributed by atoms with Crippen molar-refractivity contribution in [2.24, 2.45) is 0 Å². The Bertz CT molecular complexity index is 1260.